The van der Waals surface area contributed by atoms with Gasteiger partial charge in [0, 0.05) is 5.69 Å². The molecule has 0 aliphatic heterocycles. The first-order valence-electron chi connectivity index (χ1n) is 11.0. The van der Waals surface area contributed by atoms with Crippen LogP contribution in [0.3, 0.4) is 0 Å². The number of sulfonamides is 1. The second kappa shape index (κ2) is 9.09. The minimum absolute atomic E-state index is 0.188. The van der Waals surface area contributed by atoms with Crippen LogP contribution in [0.1, 0.15) is 22.4 Å². The highest BCUT2D eigenvalue weighted by Crippen LogP contribution is 2.54. The molecule has 6 nitrogen and oxygen atoms in total. The molecule has 6 rings (SSSR count). The first-order valence-corrected chi connectivity index (χ1v) is 14.2. The van der Waals surface area contributed by atoms with Crippen LogP contribution >= 0.6 is 23.1 Å². The molecule has 2 N–H and O–H groups in total. The minimum atomic E-state index is -3.73. The summed E-state index contributed by atoms with van der Waals surface area (Å²) in [5.41, 5.74) is 3.01. The van der Waals surface area contributed by atoms with Gasteiger partial charge in [0.05, 0.1) is 16.2 Å². The van der Waals surface area contributed by atoms with E-state index in [4.69, 9.17) is 0 Å². The standard InChI is InChI=1S/C26H20N4O2S3/c31-35(32,19-13-5-2-6-14-19)30-23-20-15-7-9-17-10-8-16-21(22(17)20)24(23)33-26-29-28-25(34-26)27-18-11-3-1-4-12-18/h1-16,23-24,30H,(H,27,28)/t23-,24+/m0/s1. The Bertz CT molecular complexity index is 1600. The lowest BCUT2D eigenvalue weighted by atomic mass is 10.1. The largest absolute Gasteiger partial charge is 0.330 e. The van der Waals surface area contributed by atoms with Gasteiger partial charge in [0.2, 0.25) is 15.2 Å². The van der Waals surface area contributed by atoms with E-state index < -0.39 is 16.1 Å². The van der Waals surface area contributed by atoms with Crippen molar-refractivity contribution < 1.29 is 8.42 Å². The van der Waals surface area contributed by atoms with Crippen molar-refractivity contribution >= 4 is 54.7 Å². The number of para-hydroxylation sites is 1. The molecule has 5 aromatic rings. The van der Waals surface area contributed by atoms with E-state index in [-0.39, 0.29) is 10.1 Å². The molecule has 4 aromatic carbocycles. The first-order chi connectivity index (χ1) is 17.1. The highest BCUT2D eigenvalue weighted by Gasteiger charge is 2.38. The lowest BCUT2D eigenvalue weighted by molar-refractivity contribution is 0.557. The van der Waals surface area contributed by atoms with Gasteiger partial charge in [-0.1, -0.05) is 95.9 Å². The highest BCUT2D eigenvalue weighted by atomic mass is 32.2. The predicted octanol–water partition coefficient (Wildman–Crippen LogP) is 6.30. The molecule has 9 heteroatoms. The third-order valence-electron chi connectivity index (χ3n) is 5.91. The summed E-state index contributed by atoms with van der Waals surface area (Å²) in [7, 11) is -3.73. The van der Waals surface area contributed by atoms with Gasteiger partial charge in [-0.25, -0.2) is 13.1 Å². The van der Waals surface area contributed by atoms with Crippen molar-refractivity contribution in [3.63, 3.8) is 0 Å². The number of nitrogens with one attached hydrogen (secondary N) is 2. The molecule has 0 saturated carbocycles. The maximum atomic E-state index is 13.3. The van der Waals surface area contributed by atoms with E-state index in [0.29, 0.717) is 5.13 Å². The van der Waals surface area contributed by atoms with Crippen molar-refractivity contribution in [1.82, 2.24) is 14.9 Å². The van der Waals surface area contributed by atoms with Gasteiger partial charge in [-0.2, -0.15) is 0 Å². The average Bonchev–Trinajstić information content (AvgIpc) is 3.44. The lowest BCUT2D eigenvalue weighted by Gasteiger charge is -2.22. The van der Waals surface area contributed by atoms with Crippen LogP contribution < -0.4 is 10.0 Å². The first kappa shape index (κ1) is 22.2. The molecular formula is C26H20N4O2S3. The quantitative estimate of drug-likeness (QED) is 0.264. The topological polar surface area (TPSA) is 84.0 Å². The molecule has 0 unspecified atom stereocenters. The molecule has 0 bridgehead atoms. The number of anilines is 2. The van der Waals surface area contributed by atoms with Gasteiger partial charge in [0.1, 0.15) is 0 Å². The fourth-order valence-electron chi connectivity index (χ4n) is 4.39. The molecule has 1 aliphatic carbocycles. The Balaban J connectivity index is 1.35. The van der Waals surface area contributed by atoms with Gasteiger partial charge in [-0.15, -0.1) is 10.2 Å². The van der Waals surface area contributed by atoms with Gasteiger partial charge < -0.3 is 5.32 Å². The highest BCUT2D eigenvalue weighted by molar-refractivity contribution is 8.01. The van der Waals surface area contributed by atoms with Gasteiger partial charge in [0.25, 0.3) is 0 Å². The van der Waals surface area contributed by atoms with Crippen LogP contribution in [0.5, 0.6) is 0 Å². The van der Waals surface area contributed by atoms with Crippen molar-refractivity contribution in [3.05, 3.63) is 108 Å². The van der Waals surface area contributed by atoms with Crippen molar-refractivity contribution in [2.24, 2.45) is 0 Å². The van der Waals surface area contributed by atoms with Crippen LogP contribution in [0, 0.1) is 0 Å². The summed E-state index contributed by atoms with van der Waals surface area (Å²) >= 11 is 2.99. The molecule has 35 heavy (non-hydrogen) atoms. The summed E-state index contributed by atoms with van der Waals surface area (Å²) < 4.78 is 30.4. The van der Waals surface area contributed by atoms with Crippen LogP contribution in [-0.2, 0) is 10.0 Å². The number of hydrogen-bond donors (Lipinski definition) is 2. The normalized spacial score (nSPS) is 17.0. The Kier molecular flexibility index (Phi) is 5.77. The summed E-state index contributed by atoms with van der Waals surface area (Å²) in [5.74, 6) is 0. The molecule has 1 heterocycles. The smallest absolute Gasteiger partial charge is 0.241 e. The molecule has 2 atom stereocenters. The molecule has 0 spiro atoms. The second-order valence-electron chi connectivity index (χ2n) is 8.11. The summed E-state index contributed by atoms with van der Waals surface area (Å²) in [6.07, 6.45) is 0. The fraction of sp³-hybridized carbons (Fsp3) is 0.0769. The summed E-state index contributed by atoms with van der Waals surface area (Å²) in [6.45, 7) is 0. The number of aromatic nitrogens is 2. The summed E-state index contributed by atoms with van der Waals surface area (Å²) in [6, 6.07) is 30.1. The van der Waals surface area contributed by atoms with Gasteiger partial charge in [-0.05, 0) is 46.2 Å². The molecule has 0 fully saturated rings. The Morgan fingerprint density at radius 1 is 0.771 bits per heavy atom. The van der Waals surface area contributed by atoms with Crippen LogP contribution in [0.2, 0.25) is 0 Å². The maximum absolute atomic E-state index is 13.3. The summed E-state index contributed by atoms with van der Waals surface area (Å²) in [4.78, 5) is 0.247. The molecular weight excluding hydrogens is 497 g/mol. The SMILES string of the molecule is O=S(=O)(N[C@H]1c2cccc3cccc(c23)[C@H]1Sc1nnc(Nc2ccccc2)s1)c1ccccc1. The van der Waals surface area contributed by atoms with Crippen LogP contribution in [0.15, 0.2) is 106 Å². The van der Waals surface area contributed by atoms with Crippen molar-refractivity contribution in [2.45, 2.75) is 20.5 Å². The van der Waals surface area contributed by atoms with Gasteiger partial charge >= 0.3 is 0 Å². The van der Waals surface area contributed by atoms with Crippen molar-refractivity contribution in [3.8, 4) is 0 Å². The summed E-state index contributed by atoms with van der Waals surface area (Å²) in [5, 5.41) is 14.6. The van der Waals surface area contributed by atoms with Crippen molar-refractivity contribution in [1.29, 1.82) is 0 Å². The van der Waals surface area contributed by atoms with Gasteiger partial charge in [-0.3, -0.25) is 0 Å². The molecule has 174 valence electrons. The maximum Gasteiger partial charge on any atom is 0.241 e. The van der Waals surface area contributed by atoms with E-state index >= 15 is 0 Å². The zero-order chi connectivity index (χ0) is 23.8. The zero-order valence-corrected chi connectivity index (χ0v) is 20.8. The third-order valence-corrected chi connectivity index (χ3v) is 9.60. The monoisotopic (exact) mass is 516 g/mol. The van der Waals surface area contributed by atoms with Crippen LogP contribution in [0.25, 0.3) is 10.8 Å². The molecule has 1 aromatic heterocycles. The zero-order valence-electron chi connectivity index (χ0n) is 18.3. The number of rotatable bonds is 7. The Hall–Kier alpha value is -3.24. The van der Waals surface area contributed by atoms with E-state index in [1.54, 1.807) is 30.3 Å². The van der Waals surface area contributed by atoms with Crippen LogP contribution in [0.4, 0.5) is 10.8 Å². The average molecular weight is 517 g/mol. The number of benzene rings is 4. The molecule has 0 radical (unpaired) electrons. The molecule has 1 aliphatic rings. The van der Waals surface area contributed by atoms with E-state index in [0.717, 1.165) is 31.9 Å². The number of thioether (sulfide) groups is 1. The Labute approximate surface area is 211 Å². The molecule has 0 amide bonds. The second-order valence-corrected chi connectivity index (χ2v) is 12.2. The van der Waals surface area contributed by atoms with E-state index in [1.807, 2.05) is 48.5 Å². The van der Waals surface area contributed by atoms with E-state index in [1.165, 1.54) is 23.1 Å². The number of nitrogens with zero attached hydrogens (tertiary/aromatic N) is 2. The fourth-order valence-corrected chi connectivity index (χ4v) is 7.94. The Morgan fingerprint density at radius 2 is 1.46 bits per heavy atom. The Morgan fingerprint density at radius 3 is 2.20 bits per heavy atom. The molecule has 0 saturated heterocycles. The van der Waals surface area contributed by atoms with E-state index in [2.05, 4.69) is 38.4 Å². The lowest BCUT2D eigenvalue weighted by Crippen LogP contribution is -2.29. The third kappa shape index (κ3) is 4.32. The van der Waals surface area contributed by atoms with Crippen molar-refractivity contribution in [2.75, 3.05) is 5.32 Å². The van der Waals surface area contributed by atoms with E-state index in [9.17, 15) is 8.42 Å². The number of hydrogen-bond acceptors (Lipinski definition) is 7. The van der Waals surface area contributed by atoms with Gasteiger partial charge in [0.15, 0.2) is 4.34 Å². The minimum Gasteiger partial charge on any atom is -0.330 e. The predicted molar refractivity (Wildman–Crippen MR) is 142 cm³/mol. The van der Waals surface area contributed by atoms with Crippen LogP contribution in [-0.4, -0.2) is 18.6 Å².